The molecule has 0 bridgehead atoms. The maximum Gasteiger partial charge on any atom is 0.317 e. The first-order valence-electron chi connectivity index (χ1n) is 6.16. The molecular formula is C12H24N2O2. The van der Waals surface area contributed by atoms with Gasteiger partial charge in [-0.1, -0.05) is 13.8 Å². The van der Waals surface area contributed by atoms with Crippen molar-refractivity contribution in [3.63, 3.8) is 0 Å². The average Bonchev–Trinajstić information content (AvgIpc) is 2.27. The quantitative estimate of drug-likeness (QED) is 0.796. The summed E-state index contributed by atoms with van der Waals surface area (Å²) >= 11 is 0. The van der Waals surface area contributed by atoms with Crippen LogP contribution in [0.4, 0.5) is 4.79 Å². The predicted octanol–water partition coefficient (Wildman–Crippen LogP) is 1.71. The van der Waals surface area contributed by atoms with Crippen molar-refractivity contribution in [2.45, 2.75) is 26.7 Å². The molecule has 0 saturated carbocycles. The van der Waals surface area contributed by atoms with E-state index in [-0.39, 0.29) is 6.03 Å². The second-order valence-corrected chi connectivity index (χ2v) is 5.02. The highest BCUT2D eigenvalue weighted by Crippen LogP contribution is 2.15. The minimum Gasteiger partial charge on any atom is -0.381 e. The second-order valence-electron chi connectivity index (χ2n) is 5.02. The lowest BCUT2D eigenvalue weighted by Gasteiger charge is -2.27. The molecule has 0 spiro atoms. The summed E-state index contributed by atoms with van der Waals surface area (Å²) in [5, 5.41) is 2.93. The first-order valence-corrected chi connectivity index (χ1v) is 6.16. The van der Waals surface area contributed by atoms with Crippen LogP contribution < -0.4 is 5.32 Å². The Morgan fingerprint density at radius 3 is 2.62 bits per heavy atom. The third-order valence-electron chi connectivity index (χ3n) is 2.88. The van der Waals surface area contributed by atoms with E-state index in [1.54, 1.807) is 4.90 Å². The number of rotatable bonds is 4. The van der Waals surface area contributed by atoms with E-state index >= 15 is 0 Å². The molecule has 1 aliphatic rings. The van der Waals surface area contributed by atoms with Gasteiger partial charge in [-0.2, -0.15) is 0 Å². The zero-order chi connectivity index (χ0) is 12.0. The third-order valence-corrected chi connectivity index (χ3v) is 2.88. The van der Waals surface area contributed by atoms with Crippen molar-refractivity contribution >= 4 is 6.03 Å². The lowest BCUT2D eigenvalue weighted by atomic mass is 10.00. The van der Waals surface area contributed by atoms with Crippen LogP contribution in [0.15, 0.2) is 0 Å². The highest BCUT2D eigenvalue weighted by atomic mass is 16.5. The monoisotopic (exact) mass is 228 g/mol. The van der Waals surface area contributed by atoms with Gasteiger partial charge in [-0.05, 0) is 24.7 Å². The Labute approximate surface area is 98.3 Å². The molecule has 1 saturated heterocycles. The molecule has 0 atom stereocenters. The Morgan fingerprint density at radius 1 is 1.44 bits per heavy atom. The van der Waals surface area contributed by atoms with E-state index in [1.807, 2.05) is 7.05 Å². The zero-order valence-corrected chi connectivity index (χ0v) is 10.7. The second kappa shape index (κ2) is 6.74. The first kappa shape index (κ1) is 13.3. The van der Waals surface area contributed by atoms with Crippen LogP contribution in [0.5, 0.6) is 0 Å². The number of nitrogens with one attached hydrogen (secondary N) is 1. The maximum absolute atomic E-state index is 11.7. The summed E-state index contributed by atoms with van der Waals surface area (Å²) in [5.41, 5.74) is 0. The molecule has 2 amide bonds. The summed E-state index contributed by atoms with van der Waals surface area (Å²) < 4.78 is 5.30. The smallest absolute Gasteiger partial charge is 0.317 e. The molecule has 1 fully saturated rings. The van der Waals surface area contributed by atoms with Crippen molar-refractivity contribution < 1.29 is 9.53 Å². The fourth-order valence-corrected chi connectivity index (χ4v) is 1.83. The lowest BCUT2D eigenvalue weighted by molar-refractivity contribution is 0.0586. The Kier molecular flexibility index (Phi) is 5.60. The largest absolute Gasteiger partial charge is 0.381 e. The van der Waals surface area contributed by atoms with Crippen LogP contribution in [0, 0.1) is 11.8 Å². The lowest BCUT2D eigenvalue weighted by Crippen LogP contribution is -2.42. The number of urea groups is 1. The van der Waals surface area contributed by atoms with Gasteiger partial charge in [0.2, 0.25) is 0 Å². The summed E-state index contributed by atoms with van der Waals surface area (Å²) in [7, 11) is 1.87. The van der Waals surface area contributed by atoms with Gasteiger partial charge in [0, 0.05) is 33.4 Å². The summed E-state index contributed by atoms with van der Waals surface area (Å²) in [5.74, 6) is 1.10. The van der Waals surface area contributed by atoms with Crippen molar-refractivity contribution in [2.24, 2.45) is 11.8 Å². The van der Waals surface area contributed by atoms with E-state index in [2.05, 4.69) is 19.2 Å². The van der Waals surface area contributed by atoms with Gasteiger partial charge in [-0.15, -0.1) is 0 Å². The number of amides is 2. The SMILES string of the molecule is CC(C)CNC(=O)N(C)CC1CCOCC1. The normalized spacial score (nSPS) is 17.5. The van der Waals surface area contributed by atoms with Gasteiger partial charge in [0.25, 0.3) is 0 Å². The number of nitrogens with zero attached hydrogens (tertiary/aromatic N) is 1. The van der Waals surface area contributed by atoms with Gasteiger partial charge in [0.1, 0.15) is 0 Å². The Balaban J connectivity index is 2.21. The Bertz CT molecular complexity index is 213. The topological polar surface area (TPSA) is 41.6 Å². The van der Waals surface area contributed by atoms with Crippen molar-refractivity contribution in [1.29, 1.82) is 0 Å². The summed E-state index contributed by atoms with van der Waals surface area (Å²) in [6, 6.07) is 0.0418. The van der Waals surface area contributed by atoms with E-state index in [9.17, 15) is 4.79 Å². The van der Waals surface area contributed by atoms with Crippen molar-refractivity contribution in [1.82, 2.24) is 10.2 Å². The van der Waals surface area contributed by atoms with Crippen LogP contribution in [0.2, 0.25) is 0 Å². The van der Waals surface area contributed by atoms with Gasteiger partial charge >= 0.3 is 6.03 Å². The van der Waals surface area contributed by atoms with Crippen LogP contribution >= 0.6 is 0 Å². The van der Waals surface area contributed by atoms with Crippen LogP contribution in [0.25, 0.3) is 0 Å². The van der Waals surface area contributed by atoms with Gasteiger partial charge in [-0.25, -0.2) is 4.79 Å². The van der Waals surface area contributed by atoms with E-state index in [0.717, 1.165) is 39.1 Å². The standard InChI is InChI=1S/C12H24N2O2/c1-10(2)8-13-12(15)14(3)9-11-4-6-16-7-5-11/h10-11H,4-9H2,1-3H3,(H,13,15). The fraction of sp³-hybridized carbons (Fsp3) is 0.917. The highest BCUT2D eigenvalue weighted by molar-refractivity contribution is 5.73. The van der Waals surface area contributed by atoms with Crippen LogP contribution in [0.1, 0.15) is 26.7 Å². The van der Waals surface area contributed by atoms with Crippen LogP contribution in [-0.2, 0) is 4.74 Å². The molecule has 0 radical (unpaired) electrons. The van der Waals surface area contributed by atoms with E-state index in [4.69, 9.17) is 4.74 Å². The Morgan fingerprint density at radius 2 is 2.06 bits per heavy atom. The molecule has 1 rings (SSSR count). The maximum atomic E-state index is 11.7. The van der Waals surface area contributed by atoms with Crippen LogP contribution in [0.3, 0.4) is 0 Å². The first-order chi connectivity index (χ1) is 7.59. The fourth-order valence-electron chi connectivity index (χ4n) is 1.83. The van der Waals surface area contributed by atoms with Crippen molar-refractivity contribution in [3.8, 4) is 0 Å². The number of ether oxygens (including phenoxy) is 1. The van der Waals surface area contributed by atoms with Crippen LogP contribution in [-0.4, -0.2) is 44.3 Å². The number of carbonyl (C=O) groups is 1. The molecule has 94 valence electrons. The van der Waals surface area contributed by atoms with Crippen molar-refractivity contribution in [3.05, 3.63) is 0 Å². The minimum absolute atomic E-state index is 0.0418. The van der Waals surface area contributed by atoms with E-state index < -0.39 is 0 Å². The molecule has 0 aromatic rings. The predicted molar refractivity (Wildman–Crippen MR) is 64.4 cm³/mol. The van der Waals surface area contributed by atoms with E-state index in [0.29, 0.717) is 11.8 Å². The number of carbonyl (C=O) groups excluding carboxylic acids is 1. The molecule has 4 nitrogen and oxygen atoms in total. The molecule has 0 aliphatic carbocycles. The summed E-state index contributed by atoms with van der Waals surface area (Å²) in [6.45, 7) is 7.46. The van der Waals surface area contributed by atoms with E-state index in [1.165, 1.54) is 0 Å². The number of hydrogen-bond donors (Lipinski definition) is 1. The molecule has 1 N–H and O–H groups in total. The zero-order valence-electron chi connectivity index (χ0n) is 10.7. The molecule has 0 unspecified atom stereocenters. The number of hydrogen-bond acceptors (Lipinski definition) is 2. The van der Waals surface area contributed by atoms with Gasteiger partial charge in [0.15, 0.2) is 0 Å². The van der Waals surface area contributed by atoms with Gasteiger partial charge in [-0.3, -0.25) is 0 Å². The molecular weight excluding hydrogens is 204 g/mol. The van der Waals surface area contributed by atoms with Crippen molar-refractivity contribution in [2.75, 3.05) is 33.4 Å². The average molecular weight is 228 g/mol. The molecule has 1 heterocycles. The third kappa shape index (κ3) is 4.84. The van der Waals surface area contributed by atoms with Gasteiger partial charge in [0.05, 0.1) is 0 Å². The minimum atomic E-state index is 0.0418. The molecule has 0 aromatic carbocycles. The summed E-state index contributed by atoms with van der Waals surface area (Å²) in [6.07, 6.45) is 2.14. The van der Waals surface area contributed by atoms with Gasteiger partial charge < -0.3 is 15.0 Å². The highest BCUT2D eigenvalue weighted by Gasteiger charge is 2.18. The molecule has 1 aliphatic heterocycles. The Hall–Kier alpha value is -0.770. The molecule has 16 heavy (non-hydrogen) atoms. The molecule has 0 aromatic heterocycles. The summed E-state index contributed by atoms with van der Waals surface area (Å²) in [4.78, 5) is 13.5. The molecule has 4 heteroatoms.